The number of nitrogens with zero attached hydrogens (tertiary/aromatic N) is 3. The van der Waals surface area contributed by atoms with E-state index in [0.29, 0.717) is 12.6 Å². The highest BCUT2D eigenvalue weighted by atomic mass is 32.2. The van der Waals surface area contributed by atoms with Crippen molar-refractivity contribution in [2.75, 3.05) is 51.3 Å². The fourth-order valence-corrected chi connectivity index (χ4v) is 3.79. The molecule has 0 bridgehead atoms. The topological polar surface area (TPSA) is 65.0 Å². The second-order valence-corrected chi connectivity index (χ2v) is 8.98. The van der Waals surface area contributed by atoms with Crippen molar-refractivity contribution in [1.29, 1.82) is 0 Å². The molecule has 7 heteroatoms. The molecule has 2 rings (SSSR count). The van der Waals surface area contributed by atoms with E-state index in [-0.39, 0.29) is 5.75 Å². The van der Waals surface area contributed by atoms with Crippen LogP contribution in [0.4, 0.5) is 0 Å². The minimum absolute atomic E-state index is 0.0910. The fourth-order valence-electron chi connectivity index (χ4n) is 3.37. The van der Waals surface area contributed by atoms with E-state index in [1.54, 1.807) is 0 Å². The van der Waals surface area contributed by atoms with Crippen LogP contribution in [0.1, 0.15) is 31.9 Å². The second kappa shape index (κ2) is 9.92. The number of aliphatic imine (C=N–C) groups is 1. The molecular formula is C19H32N4O2S. The van der Waals surface area contributed by atoms with Gasteiger partial charge in [-0.1, -0.05) is 37.3 Å². The van der Waals surface area contributed by atoms with Gasteiger partial charge in [0.05, 0.1) is 12.3 Å². The molecule has 1 aliphatic rings. The van der Waals surface area contributed by atoms with Gasteiger partial charge >= 0.3 is 0 Å². The first-order valence-electron chi connectivity index (χ1n) is 9.44. The highest BCUT2D eigenvalue weighted by Crippen LogP contribution is 2.25. The third kappa shape index (κ3) is 6.29. The maximum Gasteiger partial charge on any atom is 0.194 e. The number of benzene rings is 1. The van der Waals surface area contributed by atoms with Gasteiger partial charge in [-0.3, -0.25) is 9.89 Å². The largest absolute Gasteiger partial charge is 0.357 e. The molecule has 26 heavy (non-hydrogen) atoms. The quantitative estimate of drug-likeness (QED) is 0.577. The first kappa shape index (κ1) is 20.7. The molecule has 1 aromatic rings. The molecule has 6 nitrogen and oxygen atoms in total. The Morgan fingerprint density at radius 1 is 1.15 bits per heavy atom. The zero-order chi connectivity index (χ0) is 19.0. The predicted octanol–water partition coefficient (Wildman–Crippen LogP) is 1.77. The molecule has 1 aromatic carbocycles. The van der Waals surface area contributed by atoms with E-state index in [1.807, 2.05) is 6.92 Å². The maximum atomic E-state index is 11.3. The van der Waals surface area contributed by atoms with E-state index < -0.39 is 9.84 Å². The average Bonchev–Trinajstić information content (AvgIpc) is 2.62. The van der Waals surface area contributed by atoms with Crippen molar-refractivity contribution in [2.24, 2.45) is 4.99 Å². The summed E-state index contributed by atoms with van der Waals surface area (Å²) in [7, 11) is -2.98. The zero-order valence-corrected chi connectivity index (χ0v) is 17.0. The van der Waals surface area contributed by atoms with E-state index in [2.05, 4.69) is 57.4 Å². The third-order valence-corrected chi connectivity index (χ3v) is 5.61. The molecule has 1 fully saturated rings. The number of hydrogen-bond acceptors (Lipinski definition) is 4. The minimum Gasteiger partial charge on any atom is -0.357 e. The molecule has 0 radical (unpaired) electrons. The monoisotopic (exact) mass is 380 g/mol. The van der Waals surface area contributed by atoms with E-state index in [0.717, 1.165) is 45.1 Å². The van der Waals surface area contributed by atoms with Crippen molar-refractivity contribution in [3.63, 3.8) is 0 Å². The Bertz CT molecular complexity index is 668. The van der Waals surface area contributed by atoms with Crippen LogP contribution >= 0.6 is 0 Å². The Kier molecular flexibility index (Phi) is 7.90. The molecule has 1 unspecified atom stereocenters. The molecule has 0 saturated carbocycles. The minimum atomic E-state index is -2.98. The van der Waals surface area contributed by atoms with Gasteiger partial charge < -0.3 is 10.2 Å². The normalized spacial score (nSPS) is 18.0. The van der Waals surface area contributed by atoms with Crippen LogP contribution in [0.15, 0.2) is 35.3 Å². The lowest BCUT2D eigenvalue weighted by atomic mass is 10.0. The van der Waals surface area contributed by atoms with Gasteiger partial charge in [0.1, 0.15) is 9.84 Å². The fraction of sp³-hybridized carbons (Fsp3) is 0.632. The Balaban J connectivity index is 1.97. The van der Waals surface area contributed by atoms with Crippen molar-refractivity contribution in [3.8, 4) is 0 Å². The number of piperazine rings is 1. The summed E-state index contributed by atoms with van der Waals surface area (Å²) in [5.74, 6) is 0.914. The molecule has 0 aliphatic carbocycles. The van der Waals surface area contributed by atoms with Gasteiger partial charge in [0, 0.05) is 45.0 Å². The summed E-state index contributed by atoms with van der Waals surface area (Å²) in [5, 5.41) is 3.29. The lowest BCUT2D eigenvalue weighted by molar-refractivity contribution is 0.127. The Morgan fingerprint density at radius 3 is 2.35 bits per heavy atom. The van der Waals surface area contributed by atoms with Crippen LogP contribution in [0.2, 0.25) is 0 Å². The molecule has 1 N–H and O–H groups in total. The van der Waals surface area contributed by atoms with Crippen LogP contribution in [0.5, 0.6) is 0 Å². The first-order valence-corrected chi connectivity index (χ1v) is 11.5. The third-order valence-electron chi connectivity index (χ3n) is 4.68. The molecule has 1 heterocycles. The summed E-state index contributed by atoms with van der Waals surface area (Å²) in [6.45, 7) is 9.10. The molecule has 1 saturated heterocycles. The van der Waals surface area contributed by atoms with Crippen LogP contribution in [0, 0.1) is 0 Å². The second-order valence-electron chi connectivity index (χ2n) is 6.72. The summed E-state index contributed by atoms with van der Waals surface area (Å²) in [6, 6.07) is 11.1. The Labute approximate surface area is 158 Å². The highest BCUT2D eigenvalue weighted by molar-refractivity contribution is 7.90. The predicted molar refractivity (Wildman–Crippen MR) is 108 cm³/mol. The SMILES string of the molecule is CCNC(=NCCS(C)(=O)=O)N1CCN(C(CC)c2ccccc2)CC1. The van der Waals surface area contributed by atoms with Gasteiger partial charge in [-0.25, -0.2) is 8.42 Å². The molecule has 146 valence electrons. The summed E-state index contributed by atoms with van der Waals surface area (Å²) in [4.78, 5) is 9.27. The number of rotatable bonds is 7. The van der Waals surface area contributed by atoms with Crippen LogP contribution in [0.3, 0.4) is 0 Å². The Morgan fingerprint density at radius 2 is 1.81 bits per heavy atom. The van der Waals surface area contributed by atoms with Crippen LogP contribution < -0.4 is 5.32 Å². The summed E-state index contributed by atoms with van der Waals surface area (Å²) in [6.07, 6.45) is 2.34. The lowest BCUT2D eigenvalue weighted by Gasteiger charge is -2.40. The zero-order valence-electron chi connectivity index (χ0n) is 16.2. The molecular weight excluding hydrogens is 348 g/mol. The van der Waals surface area contributed by atoms with Gasteiger partial charge in [-0.2, -0.15) is 0 Å². The van der Waals surface area contributed by atoms with Gasteiger partial charge in [0.2, 0.25) is 0 Å². The van der Waals surface area contributed by atoms with Crippen molar-refractivity contribution in [3.05, 3.63) is 35.9 Å². The molecule has 0 aromatic heterocycles. The molecule has 0 spiro atoms. The molecule has 1 atom stereocenters. The van der Waals surface area contributed by atoms with E-state index in [9.17, 15) is 8.42 Å². The molecule has 0 amide bonds. The van der Waals surface area contributed by atoms with Crippen LogP contribution in [-0.2, 0) is 9.84 Å². The van der Waals surface area contributed by atoms with Crippen molar-refractivity contribution < 1.29 is 8.42 Å². The number of hydrogen-bond donors (Lipinski definition) is 1. The van der Waals surface area contributed by atoms with Crippen molar-refractivity contribution in [1.82, 2.24) is 15.1 Å². The number of nitrogens with one attached hydrogen (secondary N) is 1. The van der Waals surface area contributed by atoms with Gasteiger partial charge in [-0.05, 0) is 18.9 Å². The van der Waals surface area contributed by atoms with Crippen molar-refractivity contribution in [2.45, 2.75) is 26.3 Å². The van der Waals surface area contributed by atoms with E-state index in [4.69, 9.17) is 0 Å². The summed E-state index contributed by atoms with van der Waals surface area (Å²) < 4.78 is 22.6. The van der Waals surface area contributed by atoms with E-state index in [1.165, 1.54) is 11.8 Å². The van der Waals surface area contributed by atoms with Gasteiger partial charge in [0.15, 0.2) is 5.96 Å². The molecule has 1 aliphatic heterocycles. The van der Waals surface area contributed by atoms with E-state index >= 15 is 0 Å². The van der Waals surface area contributed by atoms with Crippen LogP contribution in [-0.4, -0.2) is 75.5 Å². The lowest BCUT2D eigenvalue weighted by Crippen LogP contribution is -2.53. The average molecular weight is 381 g/mol. The van der Waals surface area contributed by atoms with Gasteiger partial charge in [-0.15, -0.1) is 0 Å². The van der Waals surface area contributed by atoms with Crippen molar-refractivity contribution >= 4 is 15.8 Å². The Hall–Kier alpha value is -1.60. The highest BCUT2D eigenvalue weighted by Gasteiger charge is 2.25. The van der Waals surface area contributed by atoms with Crippen LogP contribution in [0.25, 0.3) is 0 Å². The van der Waals surface area contributed by atoms with Gasteiger partial charge in [0.25, 0.3) is 0 Å². The first-order chi connectivity index (χ1) is 12.4. The standard InChI is InChI=1S/C19H32N4O2S/c1-4-18(17-9-7-6-8-10-17)22-12-14-23(15-13-22)19(20-5-2)21-11-16-26(3,24)25/h6-10,18H,4-5,11-16H2,1-3H3,(H,20,21). The maximum absolute atomic E-state index is 11.3. The smallest absolute Gasteiger partial charge is 0.194 e. The summed E-state index contributed by atoms with van der Waals surface area (Å²) in [5.41, 5.74) is 1.37. The number of guanidine groups is 1. The summed E-state index contributed by atoms with van der Waals surface area (Å²) >= 11 is 0. The number of sulfone groups is 1.